The molecule has 1 aromatic rings. The van der Waals surface area contributed by atoms with Gasteiger partial charge >= 0.3 is 0 Å². The van der Waals surface area contributed by atoms with Crippen molar-refractivity contribution in [2.24, 2.45) is 5.41 Å². The third-order valence-electron chi connectivity index (χ3n) is 3.11. The quantitative estimate of drug-likeness (QED) is 0.532. The van der Waals surface area contributed by atoms with Crippen LogP contribution in [0.25, 0.3) is 0 Å². The first kappa shape index (κ1) is 18.4. The lowest BCUT2D eigenvalue weighted by molar-refractivity contribution is -0.136. The molecule has 0 spiro atoms. The lowest BCUT2D eigenvalue weighted by Gasteiger charge is -2.27. The summed E-state index contributed by atoms with van der Waals surface area (Å²) < 4.78 is 26.1. The van der Waals surface area contributed by atoms with Gasteiger partial charge in [0.1, 0.15) is 6.10 Å². The van der Waals surface area contributed by atoms with E-state index in [4.69, 9.17) is 5.11 Å². The fraction of sp³-hybridized carbons (Fsp3) is 0.500. The number of carbonyl (C=O) groups excluding carboxylic acids is 1. The summed E-state index contributed by atoms with van der Waals surface area (Å²) in [7, 11) is -3.59. The van der Waals surface area contributed by atoms with Crippen molar-refractivity contribution in [3.63, 3.8) is 0 Å². The Bertz CT molecular complexity index is 587. The molecule has 124 valence electrons. The molecule has 4 N–H and O–H groups in total. The molecule has 7 nitrogen and oxygen atoms in total. The monoisotopic (exact) mass is 330 g/mol. The zero-order valence-electron chi connectivity index (χ0n) is 12.6. The molecule has 0 aromatic heterocycles. The largest absolute Gasteiger partial charge is 0.396 e. The van der Waals surface area contributed by atoms with Crippen LogP contribution in [0, 0.1) is 5.41 Å². The van der Waals surface area contributed by atoms with Crippen LogP contribution in [0.1, 0.15) is 13.8 Å². The zero-order valence-corrected chi connectivity index (χ0v) is 13.4. The molecular weight excluding hydrogens is 308 g/mol. The molecule has 0 bridgehead atoms. The number of aliphatic hydroxyl groups excluding tert-OH is 2. The molecule has 0 fully saturated rings. The van der Waals surface area contributed by atoms with Crippen LogP contribution in [0.4, 0.5) is 5.69 Å². The molecule has 0 aliphatic rings. The first-order valence-electron chi connectivity index (χ1n) is 6.80. The Morgan fingerprint density at radius 3 is 2.41 bits per heavy atom. The van der Waals surface area contributed by atoms with Gasteiger partial charge in [0.05, 0.1) is 12.4 Å². The Balaban J connectivity index is 2.48. The van der Waals surface area contributed by atoms with Crippen molar-refractivity contribution in [3.8, 4) is 0 Å². The predicted molar refractivity (Wildman–Crippen MR) is 83.7 cm³/mol. The van der Waals surface area contributed by atoms with Crippen molar-refractivity contribution in [2.75, 3.05) is 23.6 Å². The van der Waals surface area contributed by atoms with Crippen LogP contribution >= 0.6 is 0 Å². The molecule has 0 saturated heterocycles. The number of amides is 1. The molecule has 0 radical (unpaired) electrons. The minimum absolute atomic E-state index is 0.139. The highest BCUT2D eigenvalue weighted by Gasteiger charge is 2.32. The maximum Gasteiger partial charge on any atom is 0.249 e. The third kappa shape index (κ3) is 5.63. The van der Waals surface area contributed by atoms with E-state index < -0.39 is 27.4 Å². The fourth-order valence-electron chi connectivity index (χ4n) is 1.58. The van der Waals surface area contributed by atoms with Gasteiger partial charge in [0.15, 0.2) is 0 Å². The van der Waals surface area contributed by atoms with Crippen LogP contribution in [0.15, 0.2) is 30.3 Å². The van der Waals surface area contributed by atoms with Gasteiger partial charge in [-0.15, -0.1) is 0 Å². The summed E-state index contributed by atoms with van der Waals surface area (Å²) in [6.45, 7) is 2.56. The summed E-state index contributed by atoms with van der Waals surface area (Å²) in [5.41, 5.74) is -0.555. The van der Waals surface area contributed by atoms with E-state index in [0.29, 0.717) is 5.69 Å². The number of para-hydroxylation sites is 1. The number of carbonyl (C=O) groups is 1. The molecule has 22 heavy (non-hydrogen) atoms. The van der Waals surface area contributed by atoms with E-state index in [9.17, 15) is 18.3 Å². The number of benzene rings is 1. The molecule has 1 aromatic carbocycles. The topological polar surface area (TPSA) is 116 Å². The summed E-state index contributed by atoms with van der Waals surface area (Å²) in [4.78, 5) is 11.7. The summed E-state index contributed by atoms with van der Waals surface area (Å²) in [5, 5.41) is 21.2. The zero-order chi connectivity index (χ0) is 16.8. The van der Waals surface area contributed by atoms with E-state index in [2.05, 4.69) is 10.0 Å². The minimum atomic E-state index is -3.59. The van der Waals surface area contributed by atoms with Gasteiger partial charge in [-0.25, -0.2) is 8.42 Å². The molecule has 0 saturated carbocycles. The molecule has 1 rings (SSSR count). The third-order valence-corrected chi connectivity index (χ3v) is 4.40. The number of aliphatic hydroxyl groups is 2. The maximum atomic E-state index is 11.8. The van der Waals surface area contributed by atoms with E-state index in [-0.39, 0.29) is 18.9 Å². The molecule has 0 aliphatic carbocycles. The number of hydrogen-bond acceptors (Lipinski definition) is 5. The van der Waals surface area contributed by atoms with E-state index >= 15 is 0 Å². The van der Waals surface area contributed by atoms with E-state index in [1.807, 2.05) is 0 Å². The number of nitrogens with one attached hydrogen (secondary N) is 2. The van der Waals surface area contributed by atoms with Gasteiger partial charge in [-0.05, 0) is 12.1 Å². The van der Waals surface area contributed by atoms with Crippen molar-refractivity contribution in [3.05, 3.63) is 30.3 Å². The van der Waals surface area contributed by atoms with Crippen LogP contribution in [-0.4, -0.2) is 49.5 Å². The van der Waals surface area contributed by atoms with Crippen molar-refractivity contribution in [1.82, 2.24) is 5.32 Å². The SMILES string of the molecule is CC(C)(CO)[C@@H](O)C(=O)NCCS(=O)(=O)Nc1ccccc1. The second-order valence-electron chi connectivity index (χ2n) is 5.63. The van der Waals surface area contributed by atoms with E-state index in [1.54, 1.807) is 30.3 Å². The number of sulfonamides is 1. The van der Waals surface area contributed by atoms with Gasteiger partial charge < -0.3 is 15.5 Å². The number of anilines is 1. The lowest BCUT2D eigenvalue weighted by Crippen LogP contribution is -2.46. The van der Waals surface area contributed by atoms with Gasteiger partial charge in [-0.3, -0.25) is 9.52 Å². The Morgan fingerprint density at radius 2 is 1.86 bits per heavy atom. The van der Waals surface area contributed by atoms with Gasteiger partial charge in [0.25, 0.3) is 0 Å². The smallest absolute Gasteiger partial charge is 0.249 e. The summed E-state index contributed by atoms with van der Waals surface area (Å²) in [6.07, 6.45) is -1.41. The van der Waals surface area contributed by atoms with Crippen LogP contribution in [-0.2, 0) is 14.8 Å². The van der Waals surface area contributed by atoms with Crippen LogP contribution < -0.4 is 10.0 Å². The highest BCUT2D eigenvalue weighted by Crippen LogP contribution is 2.19. The molecule has 0 unspecified atom stereocenters. The summed E-state index contributed by atoms with van der Waals surface area (Å²) in [5.74, 6) is -1.03. The Morgan fingerprint density at radius 1 is 1.27 bits per heavy atom. The van der Waals surface area contributed by atoms with Crippen LogP contribution in [0.5, 0.6) is 0 Å². The predicted octanol–water partition coefficient (Wildman–Crippen LogP) is -0.0761. The van der Waals surface area contributed by atoms with Crippen molar-refractivity contribution < 1.29 is 23.4 Å². The first-order chi connectivity index (χ1) is 10.2. The van der Waals surface area contributed by atoms with Gasteiger partial charge in [-0.1, -0.05) is 32.0 Å². The second kappa shape index (κ2) is 7.57. The average molecular weight is 330 g/mol. The standard InChI is InChI=1S/C14H22N2O5S/c1-14(2,10-17)12(18)13(19)15-8-9-22(20,21)16-11-6-4-3-5-7-11/h3-7,12,16-18H,8-10H2,1-2H3,(H,15,19)/t12-/m0/s1. The van der Waals surface area contributed by atoms with Gasteiger partial charge in [0, 0.05) is 17.6 Å². The van der Waals surface area contributed by atoms with Gasteiger partial charge in [-0.2, -0.15) is 0 Å². The summed E-state index contributed by atoms with van der Waals surface area (Å²) >= 11 is 0. The highest BCUT2D eigenvalue weighted by atomic mass is 32.2. The number of hydrogen-bond donors (Lipinski definition) is 4. The molecule has 8 heteroatoms. The molecule has 0 heterocycles. The van der Waals surface area contributed by atoms with Crippen molar-refractivity contribution in [2.45, 2.75) is 20.0 Å². The maximum absolute atomic E-state index is 11.8. The summed E-state index contributed by atoms with van der Waals surface area (Å²) in [6, 6.07) is 8.40. The van der Waals surface area contributed by atoms with Gasteiger partial charge in [0.2, 0.25) is 15.9 Å². The highest BCUT2D eigenvalue weighted by molar-refractivity contribution is 7.92. The average Bonchev–Trinajstić information content (AvgIpc) is 2.46. The Labute approximate surface area is 130 Å². The molecule has 1 atom stereocenters. The Kier molecular flexibility index (Phi) is 6.34. The van der Waals surface area contributed by atoms with E-state index in [0.717, 1.165) is 0 Å². The van der Waals surface area contributed by atoms with Crippen molar-refractivity contribution in [1.29, 1.82) is 0 Å². The molecule has 1 amide bonds. The normalized spacial score (nSPS) is 13.5. The second-order valence-corrected chi connectivity index (χ2v) is 7.47. The first-order valence-corrected chi connectivity index (χ1v) is 8.45. The number of rotatable bonds is 8. The molecule has 0 aliphatic heterocycles. The van der Waals surface area contributed by atoms with E-state index in [1.165, 1.54) is 13.8 Å². The lowest BCUT2D eigenvalue weighted by atomic mass is 9.87. The minimum Gasteiger partial charge on any atom is -0.396 e. The molecular formula is C14H22N2O5S. The van der Waals surface area contributed by atoms with Crippen LogP contribution in [0.3, 0.4) is 0 Å². The van der Waals surface area contributed by atoms with Crippen molar-refractivity contribution >= 4 is 21.6 Å². The van der Waals surface area contributed by atoms with Crippen LogP contribution in [0.2, 0.25) is 0 Å². The fourth-order valence-corrected chi connectivity index (χ4v) is 2.55. The Hall–Kier alpha value is -1.64.